The minimum absolute atomic E-state index is 0.411. The molecule has 1 aliphatic heterocycles. The van der Waals surface area contributed by atoms with Crippen molar-refractivity contribution in [2.75, 3.05) is 39.9 Å². The number of pyridine rings is 1. The predicted molar refractivity (Wildman–Crippen MR) is 130 cm³/mol. The maximum Gasteiger partial charge on any atom is 0.333 e. The van der Waals surface area contributed by atoms with Crippen LogP contribution >= 0.6 is 0 Å². The first-order valence-electron chi connectivity index (χ1n) is 12.3. The minimum Gasteiger partial charge on any atom is -0.383 e. The number of nitrogens with zero attached hydrogens (tertiary/aromatic N) is 5. The van der Waals surface area contributed by atoms with Crippen LogP contribution in [0.5, 0.6) is 0 Å². The molecule has 3 aromatic heterocycles. The van der Waals surface area contributed by atoms with Crippen LogP contribution in [-0.4, -0.2) is 74.9 Å². The fraction of sp³-hybridized carbons (Fsp3) is 0.560. The van der Waals surface area contributed by atoms with Crippen molar-refractivity contribution in [1.29, 1.82) is 0 Å². The Morgan fingerprint density at radius 3 is 2.76 bits per heavy atom. The summed E-state index contributed by atoms with van der Waals surface area (Å²) in [4.78, 5) is 31.2. The second-order valence-electron chi connectivity index (χ2n) is 9.72. The Balaban J connectivity index is 1.31. The smallest absolute Gasteiger partial charge is 0.333 e. The van der Waals surface area contributed by atoms with Gasteiger partial charge in [-0.25, -0.2) is 9.31 Å². The summed E-state index contributed by atoms with van der Waals surface area (Å²) < 4.78 is 8.77. The van der Waals surface area contributed by atoms with Gasteiger partial charge in [-0.05, 0) is 36.5 Å². The van der Waals surface area contributed by atoms with Gasteiger partial charge in [0.25, 0.3) is 5.56 Å². The van der Waals surface area contributed by atoms with Crippen molar-refractivity contribution in [2.24, 2.45) is 5.92 Å². The van der Waals surface area contributed by atoms with Gasteiger partial charge >= 0.3 is 5.69 Å². The number of H-pyrrole nitrogens is 1. The molecule has 1 N–H and O–H groups in total. The summed E-state index contributed by atoms with van der Waals surface area (Å²) in [6.45, 7) is 5.86. The van der Waals surface area contributed by atoms with E-state index in [9.17, 15) is 9.59 Å². The van der Waals surface area contributed by atoms with Gasteiger partial charge in [-0.3, -0.25) is 24.1 Å². The van der Waals surface area contributed by atoms with E-state index < -0.39 is 11.2 Å². The highest BCUT2D eigenvalue weighted by Crippen LogP contribution is 2.26. The molecule has 4 heterocycles. The molecule has 1 saturated heterocycles. The van der Waals surface area contributed by atoms with Crippen LogP contribution in [0, 0.1) is 5.92 Å². The van der Waals surface area contributed by atoms with Gasteiger partial charge in [0.15, 0.2) is 0 Å². The van der Waals surface area contributed by atoms with Crippen LogP contribution < -0.4 is 11.2 Å². The topological polar surface area (TPSA) is 87.9 Å². The average molecular weight is 467 g/mol. The summed E-state index contributed by atoms with van der Waals surface area (Å²) in [5.74, 6) is 0.832. The Labute approximate surface area is 198 Å². The highest BCUT2D eigenvalue weighted by Gasteiger charge is 2.29. The lowest BCUT2D eigenvalue weighted by atomic mass is 9.88. The number of fused-ring (bicyclic) bond motifs is 1. The van der Waals surface area contributed by atoms with Crippen molar-refractivity contribution in [3.05, 3.63) is 63.2 Å². The van der Waals surface area contributed by atoms with Crippen LogP contribution in [0.4, 0.5) is 0 Å². The number of aromatic nitrogens is 4. The van der Waals surface area contributed by atoms with Crippen molar-refractivity contribution in [3.8, 4) is 5.69 Å². The molecule has 1 atom stereocenters. The largest absolute Gasteiger partial charge is 0.383 e. The molecule has 182 valence electrons. The van der Waals surface area contributed by atoms with Crippen molar-refractivity contribution < 1.29 is 4.74 Å². The van der Waals surface area contributed by atoms with Crippen LogP contribution in [0.2, 0.25) is 0 Å². The molecule has 1 saturated carbocycles. The SMILES string of the molecule is COC[C@H]1CN(Cc2ccn3ncc(-n4ccc(=O)[nH]c4=O)c3c2)CCN1CC1CCCCC1. The number of rotatable bonds is 7. The van der Waals surface area contributed by atoms with Gasteiger partial charge in [0.1, 0.15) is 0 Å². The Morgan fingerprint density at radius 2 is 1.97 bits per heavy atom. The van der Waals surface area contributed by atoms with E-state index in [0.717, 1.165) is 44.2 Å². The average Bonchev–Trinajstić information content (AvgIpc) is 3.25. The highest BCUT2D eigenvalue weighted by atomic mass is 16.5. The van der Waals surface area contributed by atoms with E-state index in [0.29, 0.717) is 11.7 Å². The van der Waals surface area contributed by atoms with Crippen LogP contribution in [-0.2, 0) is 11.3 Å². The molecule has 0 radical (unpaired) electrons. The molecule has 0 unspecified atom stereocenters. The monoisotopic (exact) mass is 466 g/mol. The van der Waals surface area contributed by atoms with Crippen molar-refractivity contribution in [1.82, 2.24) is 29.0 Å². The van der Waals surface area contributed by atoms with E-state index in [4.69, 9.17) is 4.74 Å². The van der Waals surface area contributed by atoms with Crippen LogP contribution in [0.3, 0.4) is 0 Å². The second kappa shape index (κ2) is 10.2. The molecular formula is C25H34N6O3. The summed E-state index contributed by atoms with van der Waals surface area (Å²) in [5, 5.41) is 4.38. The van der Waals surface area contributed by atoms with Gasteiger partial charge in [-0.15, -0.1) is 0 Å². The van der Waals surface area contributed by atoms with E-state index in [-0.39, 0.29) is 0 Å². The first kappa shape index (κ1) is 23.0. The fourth-order valence-electron chi connectivity index (χ4n) is 5.55. The molecule has 9 nitrogen and oxygen atoms in total. The van der Waals surface area contributed by atoms with E-state index in [1.54, 1.807) is 17.8 Å². The van der Waals surface area contributed by atoms with Gasteiger partial charge in [0.05, 0.1) is 24.0 Å². The van der Waals surface area contributed by atoms with E-state index in [1.807, 2.05) is 6.20 Å². The zero-order valence-electron chi connectivity index (χ0n) is 19.9. The Hall–Kier alpha value is -2.75. The molecule has 0 spiro atoms. The number of methoxy groups -OCH3 is 1. The van der Waals surface area contributed by atoms with Gasteiger partial charge in [0.2, 0.25) is 0 Å². The molecule has 34 heavy (non-hydrogen) atoms. The van der Waals surface area contributed by atoms with E-state index in [1.165, 1.54) is 61.0 Å². The van der Waals surface area contributed by atoms with E-state index in [2.05, 4.69) is 32.0 Å². The van der Waals surface area contributed by atoms with E-state index >= 15 is 0 Å². The first-order valence-corrected chi connectivity index (χ1v) is 12.3. The van der Waals surface area contributed by atoms with Gasteiger partial charge in [0, 0.05) is 64.3 Å². The molecular weight excluding hydrogens is 432 g/mol. The quantitative estimate of drug-likeness (QED) is 0.572. The predicted octanol–water partition coefficient (Wildman–Crippen LogP) is 1.89. The van der Waals surface area contributed by atoms with Crippen LogP contribution in [0.15, 0.2) is 46.4 Å². The molecule has 2 aliphatic rings. The number of ether oxygens (including phenoxy) is 1. The summed E-state index contributed by atoms with van der Waals surface area (Å²) in [5.41, 5.74) is 1.77. The molecule has 0 amide bonds. The number of piperazine rings is 1. The number of hydrogen-bond donors (Lipinski definition) is 1. The standard InChI is InChI=1S/C25H34N6O3/c1-34-18-21-17-28(11-12-29(21)16-19-5-3-2-4-6-19)15-20-7-10-31-22(13-20)23(14-26-31)30-9-8-24(32)27-25(30)33/h7-10,13-14,19,21H,2-6,11-12,15-18H2,1H3,(H,27,32,33)/t21-/m1/s1. The minimum atomic E-state index is -0.468. The Morgan fingerprint density at radius 1 is 1.12 bits per heavy atom. The Bertz CT molecular complexity index is 1230. The highest BCUT2D eigenvalue weighted by molar-refractivity contribution is 5.64. The zero-order chi connectivity index (χ0) is 23.5. The zero-order valence-corrected chi connectivity index (χ0v) is 19.9. The number of nitrogens with one attached hydrogen (secondary N) is 1. The molecule has 0 aromatic carbocycles. The molecule has 5 rings (SSSR count). The first-order chi connectivity index (χ1) is 16.6. The third-order valence-corrected chi connectivity index (χ3v) is 7.32. The van der Waals surface area contributed by atoms with Gasteiger partial charge in [-0.1, -0.05) is 19.3 Å². The molecule has 9 heteroatoms. The summed E-state index contributed by atoms with van der Waals surface area (Å²) in [6.07, 6.45) is 12.0. The van der Waals surface area contributed by atoms with Crippen molar-refractivity contribution in [2.45, 2.75) is 44.7 Å². The fourth-order valence-corrected chi connectivity index (χ4v) is 5.55. The van der Waals surface area contributed by atoms with Gasteiger partial charge in [-0.2, -0.15) is 5.10 Å². The maximum absolute atomic E-state index is 12.3. The normalized spacial score (nSPS) is 20.8. The third kappa shape index (κ3) is 5.01. The number of hydrogen-bond acceptors (Lipinski definition) is 6. The van der Waals surface area contributed by atoms with Crippen LogP contribution in [0.1, 0.15) is 37.7 Å². The molecule has 3 aromatic rings. The Kier molecular flexibility index (Phi) is 6.94. The molecule has 0 bridgehead atoms. The lowest BCUT2D eigenvalue weighted by Gasteiger charge is -2.43. The second-order valence-corrected chi connectivity index (χ2v) is 9.72. The lowest BCUT2D eigenvalue weighted by Crippen LogP contribution is -2.55. The third-order valence-electron chi connectivity index (χ3n) is 7.32. The van der Waals surface area contributed by atoms with Gasteiger partial charge < -0.3 is 4.74 Å². The summed E-state index contributed by atoms with van der Waals surface area (Å²) in [7, 11) is 1.80. The lowest BCUT2D eigenvalue weighted by molar-refractivity contribution is 0.0110. The maximum atomic E-state index is 12.3. The van der Waals surface area contributed by atoms with Crippen LogP contribution in [0.25, 0.3) is 11.2 Å². The van der Waals surface area contributed by atoms with Crippen molar-refractivity contribution in [3.63, 3.8) is 0 Å². The number of aromatic amines is 1. The molecule has 2 fully saturated rings. The molecule has 1 aliphatic carbocycles. The van der Waals surface area contributed by atoms with Crippen molar-refractivity contribution >= 4 is 5.52 Å². The summed E-state index contributed by atoms with van der Waals surface area (Å²) in [6, 6.07) is 5.92. The summed E-state index contributed by atoms with van der Waals surface area (Å²) >= 11 is 0.